The normalized spacial score (nSPS) is 22.6. The Hall–Kier alpha value is -2.71. The van der Waals surface area contributed by atoms with Crippen LogP contribution in [0.2, 0.25) is 5.02 Å². The summed E-state index contributed by atoms with van der Waals surface area (Å²) in [7, 11) is 1.30. The van der Waals surface area contributed by atoms with Crippen molar-refractivity contribution in [2.75, 3.05) is 19.0 Å². The van der Waals surface area contributed by atoms with Gasteiger partial charge >= 0.3 is 5.97 Å². The van der Waals surface area contributed by atoms with Gasteiger partial charge in [-0.15, -0.1) is 11.3 Å². The van der Waals surface area contributed by atoms with Gasteiger partial charge < -0.3 is 10.1 Å². The summed E-state index contributed by atoms with van der Waals surface area (Å²) < 4.78 is 5.00. The minimum absolute atomic E-state index is 0.103. The number of nitrogens with zero attached hydrogens (tertiary/aromatic N) is 1. The summed E-state index contributed by atoms with van der Waals surface area (Å²) in [5.74, 6) is -1.30. The number of likely N-dealkylation sites (tertiary alicyclic amines) is 1. The van der Waals surface area contributed by atoms with Gasteiger partial charge in [-0.3, -0.25) is 19.3 Å². The molecule has 2 aromatic rings. The number of methoxy groups -OCH3 is 1. The van der Waals surface area contributed by atoms with Crippen molar-refractivity contribution in [1.29, 1.82) is 0 Å². The summed E-state index contributed by atoms with van der Waals surface area (Å²) in [6, 6.07) is 7.15. The SMILES string of the molecule is COC(=O)c1c(NC(=O)CCCN2C(=O)C3CCC(C)(C2=O)C3(C)C)sc(C)c1-c1cccc(Cl)c1. The van der Waals surface area contributed by atoms with Crippen molar-refractivity contribution >= 4 is 51.6 Å². The van der Waals surface area contributed by atoms with Gasteiger partial charge in [-0.2, -0.15) is 0 Å². The Bertz CT molecular complexity index is 1250. The summed E-state index contributed by atoms with van der Waals surface area (Å²) in [6.45, 7) is 8.03. The van der Waals surface area contributed by atoms with E-state index in [0.717, 1.165) is 10.4 Å². The lowest BCUT2D eigenvalue weighted by molar-refractivity contribution is -0.168. The number of amides is 3. The molecule has 4 rings (SSSR count). The first kappa shape index (κ1) is 26.4. The molecule has 9 heteroatoms. The van der Waals surface area contributed by atoms with Crippen molar-refractivity contribution in [3.63, 3.8) is 0 Å². The lowest BCUT2D eigenvalue weighted by Gasteiger charge is -2.47. The number of hydrogen-bond donors (Lipinski definition) is 1. The highest BCUT2D eigenvalue weighted by Gasteiger charge is 2.64. The number of carbonyl (C=O) groups excluding carboxylic acids is 4. The molecule has 1 aliphatic carbocycles. The molecule has 1 saturated heterocycles. The molecule has 1 aromatic heterocycles. The monoisotopic (exact) mass is 530 g/mol. The number of halogens is 1. The summed E-state index contributed by atoms with van der Waals surface area (Å²) in [6.07, 6.45) is 1.86. The van der Waals surface area contributed by atoms with Gasteiger partial charge in [0.25, 0.3) is 0 Å². The Balaban J connectivity index is 1.47. The van der Waals surface area contributed by atoms with Gasteiger partial charge in [0.1, 0.15) is 10.6 Å². The Morgan fingerprint density at radius 1 is 1.25 bits per heavy atom. The Labute approximate surface area is 220 Å². The lowest BCUT2D eigenvalue weighted by Crippen LogP contribution is -2.59. The highest BCUT2D eigenvalue weighted by molar-refractivity contribution is 7.17. The van der Waals surface area contributed by atoms with Crippen LogP contribution in [0, 0.1) is 23.7 Å². The van der Waals surface area contributed by atoms with Crippen LogP contribution in [-0.2, 0) is 19.1 Å². The second-order valence-electron chi connectivity index (χ2n) is 10.3. The first-order valence-corrected chi connectivity index (χ1v) is 13.2. The topological polar surface area (TPSA) is 92.8 Å². The van der Waals surface area contributed by atoms with E-state index in [2.05, 4.69) is 5.32 Å². The number of benzene rings is 1. The molecule has 1 aromatic carbocycles. The van der Waals surface area contributed by atoms with E-state index in [4.69, 9.17) is 16.3 Å². The smallest absolute Gasteiger partial charge is 0.341 e. The van der Waals surface area contributed by atoms with Crippen LogP contribution in [0.15, 0.2) is 24.3 Å². The summed E-state index contributed by atoms with van der Waals surface area (Å²) in [4.78, 5) is 53.9. The summed E-state index contributed by atoms with van der Waals surface area (Å²) in [5.41, 5.74) is 0.778. The quantitative estimate of drug-likeness (QED) is 0.366. The number of rotatable bonds is 7. The molecule has 2 fully saturated rings. The fourth-order valence-corrected chi connectivity index (χ4v) is 6.89. The van der Waals surface area contributed by atoms with Crippen LogP contribution < -0.4 is 5.32 Å². The van der Waals surface area contributed by atoms with Crippen LogP contribution in [0.4, 0.5) is 5.00 Å². The maximum absolute atomic E-state index is 13.2. The number of imide groups is 1. The van der Waals surface area contributed by atoms with Gasteiger partial charge in [-0.05, 0) is 49.3 Å². The van der Waals surface area contributed by atoms with E-state index >= 15 is 0 Å². The molecule has 2 atom stereocenters. The average molecular weight is 531 g/mol. The van der Waals surface area contributed by atoms with Crippen LogP contribution in [0.5, 0.6) is 0 Å². The highest BCUT2D eigenvalue weighted by Crippen LogP contribution is 2.60. The third-order valence-corrected chi connectivity index (χ3v) is 9.39. The standard InChI is InChI=1S/C27H31ClN2O5S/c1-15-20(16-8-6-9-17(28)14-16)21(24(33)35-5)22(36-15)29-19(31)10-7-13-30-23(32)18-11-12-27(4,25(30)34)26(18,2)3/h6,8-9,14,18H,7,10-13H2,1-5H3,(H,29,31). The predicted molar refractivity (Wildman–Crippen MR) is 140 cm³/mol. The van der Waals surface area contributed by atoms with Crippen molar-refractivity contribution in [3.05, 3.63) is 39.7 Å². The molecule has 2 aliphatic rings. The molecule has 3 amide bonds. The molecule has 7 nitrogen and oxygen atoms in total. The zero-order valence-corrected chi connectivity index (χ0v) is 22.8. The molecule has 2 unspecified atom stereocenters. The third-order valence-electron chi connectivity index (χ3n) is 8.13. The van der Waals surface area contributed by atoms with E-state index in [1.165, 1.54) is 23.3 Å². The number of hydrogen-bond acceptors (Lipinski definition) is 6. The second kappa shape index (κ2) is 9.63. The maximum Gasteiger partial charge on any atom is 0.341 e. The van der Waals surface area contributed by atoms with Crippen LogP contribution >= 0.6 is 22.9 Å². The van der Waals surface area contributed by atoms with E-state index in [1.54, 1.807) is 18.2 Å². The lowest BCUT2D eigenvalue weighted by atomic mass is 9.62. The molecule has 2 bridgehead atoms. The number of aryl methyl sites for hydroxylation is 1. The minimum atomic E-state index is -0.561. The molecule has 1 N–H and O–H groups in total. The van der Waals surface area contributed by atoms with Gasteiger partial charge in [0.05, 0.1) is 12.5 Å². The molecule has 2 heterocycles. The van der Waals surface area contributed by atoms with Gasteiger partial charge in [-0.25, -0.2) is 4.79 Å². The number of nitrogens with one attached hydrogen (secondary N) is 1. The van der Waals surface area contributed by atoms with Crippen molar-refractivity contribution in [2.24, 2.45) is 16.7 Å². The number of thiophene rings is 1. The highest BCUT2D eigenvalue weighted by atomic mass is 35.5. The molecule has 1 aliphatic heterocycles. The maximum atomic E-state index is 13.2. The van der Waals surface area contributed by atoms with Crippen LogP contribution in [-0.4, -0.2) is 42.2 Å². The van der Waals surface area contributed by atoms with Crippen molar-refractivity contribution in [1.82, 2.24) is 4.90 Å². The predicted octanol–water partition coefficient (Wildman–Crippen LogP) is 5.69. The van der Waals surface area contributed by atoms with E-state index in [-0.39, 0.29) is 47.6 Å². The molecule has 1 saturated carbocycles. The molecule has 0 spiro atoms. The van der Waals surface area contributed by atoms with E-state index in [9.17, 15) is 19.2 Å². The Morgan fingerprint density at radius 2 is 1.97 bits per heavy atom. The van der Waals surface area contributed by atoms with Gasteiger partial charge in [0.2, 0.25) is 17.7 Å². The van der Waals surface area contributed by atoms with Crippen molar-refractivity contribution < 1.29 is 23.9 Å². The summed E-state index contributed by atoms with van der Waals surface area (Å²) in [5, 5.41) is 3.77. The van der Waals surface area contributed by atoms with E-state index in [1.807, 2.05) is 33.8 Å². The third kappa shape index (κ3) is 4.24. The second-order valence-corrected chi connectivity index (χ2v) is 12.0. The van der Waals surface area contributed by atoms with Gasteiger partial charge in [0, 0.05) is 34.3 Å². The molecule has 0 radical (unpaired) electrons. The number of carbonyl (C=O) groups is 4. The van der Waals surface area contributed by atoms with E-state index in [0.29, 0.717) is 34.8 Å². The van der Waals surface area contributed by atoms with Crippen molar-refractivity contribution in [2.45, 2.75) is 53.4 Å². The van der Waals surface area contributed by atoms with Crippen LogP contribution in [0.1, 0.15) is 61.7 Å². The molecule has 192 valence electrons. The number of esters is 1. The molecular formula is C27H31ClN2O5S. The minimum Gasteiger partial charge on any atom is -0.465 e. The van der Waals surface area contributed by atoms with Gasteiger partial charge in [-0.1, -0.05) is 44.5 Å². The molecule has 36 heavy (non-hydrogen) atoms. The van der Waals surface area contributed by atoms with E-state index < -0.39 is 11.4 Å². The largest absolute Gasteiger partial charge is 0.465 e. The zero-order chi connectivity index (χ0) is 26.4. The number of ether oxygens (including phenoxy) is 1. The van der Waals surface area contributed by atoms with Crippen LogP contribution in [0.3, 0.4) is 0 Å². The fourth-order valence-electron chi connectivity index (χ4n) is 5.62. The summed E-state index contributed by atoms with van der Waals surface area (Å²) >= 11 is 7.45. The van der Waals surface area contributed by atoms with Crippen molar-refractivity contribution in [3.8, 4) is 11.1 Å². The first-order chi connectivity index (χ1) is 16.9. The number of piperidine rings is 1. The first-order valence-electron chi connectivity index (χ1n) is 12.1. The number of fused-ring (bicyclic) bond motifs is 2. The fraction of sp³-hybridized carbons (Fsp3) is 0.481. The van der Waals surface area contributed by atoms with Gasteiger partial charge in [0.15, 0.2) is 0 Å². The molecular weight excluding hydrogens is 500 g/mol. The Morgan fingerprint density at radius 3 is 2.64 bits per heavy atom. The Kier molecular flexibility index (Phi) is 7.05. The van der Waals surface area contributed by atoms with Crippen LogP contribution in [0.25, 0.3) is 11.1 Å². The zero-order valence-electron chi connectivity index (χ0n) is 21.2. The number of anilines is 1. The average Bonchev–Trinajstić information content (AvgIpc) is 3.24.